The molecule has 0 spiro atoms. The van der Waals surface area contributed by atoms with Crippen molar-refractivity contribution in [1.29, 1.82) is 0 Å². The van der Waals surface area contributed by atoms with Crippen LogP contribution in [0.2, 0.25) is 0 Å². The lowest BCUT2D eigenvalue weighted by Gasteiger charge is -2.35. The maximum atomic E-state index is 12.1. The van der Waals surface area contributed by atoms with Crippen molar-refractivity contribution in [3.8, 4) is 0 Å². The average molecular weight is 330 g/mol. The van der Waals surface area contributed by atoms with E-state index in [0.717, 1.165) is 37.3 Å². The fraction of sp³-hybridized carbons (Fsp3) is 0.625. The normalized spacial score (nSPS) is 26.3. The molecule has 2 aromatic heterocycles. The summed E-state index contributed by atoms with van der Waals surface area (Å²) in [4.78, 5) is 16.1. The zero-order chi connectivity index (χ0) is 16.5. The molecule has 8 heteroatoms. The number of hydrogen-bond donors (Lipinski definition) is 1. The highest BCUT2D eigenvalue weighted by atomic mass is 16.5. The van der Waals surface area contributed by atoms with Gasteiger partial charge in [0, 0.05) is 38.0 Å². The smallest absolute Gasteiger partial charge is 0.249 e. The van der Waals surface area contributed by atoms with Crippen molar-refractivity contribution in [3.05, 3.63) is 30.4 Å². The Morgan fingerprint density at radius 2 is 2.29 bits per heavy atom. The number of aromatic nitrogens is 5. The fourth-order valence-corrected chi connectivity index (χ4v) is 3.44. The van der Waals surface area contributed by atoms with Crippen LogP contribution in [0.15, 0.2) is 18.7 Å². The van der Waals surface area contributed by atoms with E-state index in [1.807, 2.05) is 17.8 Å². The van der Waals surface area contributed by atoms with Crippen LogP contribution in [0, 0.1) is 0 Å². The second-order valence-corrected chi connectivity index (χ2v) is 6.64. The Morgan fingerprint density at radius 1 is 1.42 bits per heavy atom. The van der Waals surface area contributed by atoms with Gasteiger partial charge in [0.15, 0.2) is 5.82 Å². The Labute approximate surface area is 140 Å². The van der Waals surface area contributed by atoms with Crippen molar-refractivity contribution < 1.29 is 9.53 Å². The Kier molecular flexibility index (Phi) is 4.05. The highest BCUT2D eigenvalue weighted by molar-refractivity contribution is 5.81. The fourth-order valence-electron chi connectivity index (χ4n) is 3.44. The summed E-state index contributed by atoms with van der Waals surface area (Å²) in [5, 5.41) is 11.7. The van der Waals surface area contributed by atoms with Crippen LogP contribution in [0.25, 0.3) is 0 Å². The summed E-state index contributed by atoms with van der Waals surface area (Å²) in [6, 6.07) is 0.223. The van der Waals surface area contributed by atoms with Gasteiger partial charge >= 0.3 is 0 Å². The van der Waals surface area contributed by atoms with E-state index in [1.54, 1.807) is 12.5 Å². The molecule has 0 radical (unpaired) electrons. The van der Waals surface area contributed by atoms with Crippen molar-refractivity contribution in [1.82, 2.24) is 29.6 Å². The van der Waals surface area contributed by atoms with Gasteiger partial charge in [-0.05, 0) is 25.7 Å². The molecule has 128 valence electrons. The molecule has 2 fully saturated rings. The lowest BCUT2D eigenvalue weighted by atomic mass is 9.79. The SMILES string of the molecule is Cn1c(Cn2ccnc2)nnc1C1CC(NC(=O)[C@H]2CCCO2)C1. The molecule has 0 aromatic carbocycles. The minimum atomic E-state index is -0.249. The van der Waals surface area contributed by atoms with E-state index in [4.69, 9.17) is 4.74 Å². The van der Waals surface area contributed by atoms with Crippen molar-refractivity contribution in [2.45, 2.75) is 50.3 Å². The molecule has 0 unspecified atom stereocenters. The highest BCUT2D eigenvalue weighted by Gasteiger charge is 2.36. The van der Waals surface area contributed by atoms with Crippen molar-refractivity contribution >= 4 is 5.91 Å². The number of imidazole rings is 1. The summed E-state index contributed by atoms with van der Waals surface area (Å²) in [6.45, 7) is 1.36. The van der Waals surface area contributed by atoms with Gasteiger partial charge in [-0.3, -0.25) is 4.79 Å². The van der Waals surface area contributed by atoms with Crippen LogP contribution in [0.1, 0.15) is 43.3 Å². The maximum Gasteiger partial charge on any atom is 0.249 e. The first kappa shape index (κ1) is 15.3. The van der Waals surface area contributed by atoms with Gasteiger partial charge in [-0.25, -0.2) is 4.98 Å². The number of hydrogen-bond acceptors (Lipinski definition) is 5. The lowest BCUT2D eigenvalue weighted by molar-refractivity contribution is -0.131. The molecule has 1 aliphatic carbocycles. The summed E-state index contributed by atoms with van der Waals surface area (Å²) in [6.07, 6.45) is 8.83. The molecule has 1 saturated carbocycles. The zero-order valence-electron chi connectivity index (χ0n) is 13.8. The summed E-state index contributed by atoms with van der Waals surface area (Å²) >= 11 is 0. The van der Waals surface area contributed by atoms with Gasteiger partial charge in [0.2, 0.25) is 5.91 Å². The van der Waals surface area contributed by atoms with E-state index < -0.39 is 0 Å². The van der Waals surface area contributed by atoms with Gasteiger partial charge in [0.05, 0.1) is 12.9 Å². The minimum absolute atomic E-state index is 0.0368. The van der Waals surface area contributed by atoms with Gasteiger partial charge in [-0.2, -0.15) is 0 Å². The van der Waals surface area contributed by atoms with Gasteiger partial charge < -0.3 is 19.2 Å². The Hall–Kier alpha value is -2.22. The lowest BCUT2D eigenvalue weighted by Crippen LogP contribution is -2.47. The van der Waals surface area contributed by atoms with E-state index in [2.05, 4.69) is 25.1 Å². The van der Waals surface area contributed by atoms with E-state index >= 15 is 0 Å². The Morgan fingerprint density at radius 3 is 3.00 bits per heavy atom. The highest BCUT2D eigenvalue weighted by Crippen LogP contribution is 2.36. The van der Waals surface area contributed by atoms with Crippen LogP contribution in [-0.4, -0.2) is 49.0 Å². The maximum absolute atomic E-state index is 12.1. The van der Waals surface area contributed by atoms with Crippen LogP contribution in [0.5, 0.6) is 0 Å². The summed E-state index contributed by atoms with van der Waals surface area (Å²) in [5.41, 5.74) is 0. The summed E-state index contributed by atoms with van der Waals surface area (Å²) in [5.74, 6) is 2.30. The molecular formula is C16H22N6O2. The van der Waals surface area contributed by atoms with Crippen LogP contribution >= 0.6 is 0 Å². The molecule has 8 nitrogen and oxygen atoms in total. The second kappa shape index (κ2) is 6.35. The predicted molar refractivity (Wildman–Crippen MR) is 85.2 cm³/mol. The van der Waals surface area contributed by atoms with Gasteiger partial charge in [-0.15, -0.1) is 10.2 Å². The summed E-state index contributed by atoms with van der Waals surface area (Å²) < 4.78 is 9.45. The molecule has 24 heavy (non-hydrogen) atoms. The molecule has 2 aromatic rings. The molecule has 3 heterocycles. The van der Waals surface area contributed by atoms with Crippen LogP contribution in [0.3, 0.4) is 0 Å². The largest absolute Gasteiger partial charge is 0.368 e. The molecule has 1 aliphatic heterocycles. The topological polar surface area (TPSA) is 86.9 Å². The molecule has 1 amide bonds. The standard InChI is InChI=1S/C16H22N6O2/c1-21-14(9-22-5-4-17-10-22)19-20-15(21)11-7-12(8-11)18-16(23)13-3-2-6-24-13/h4-5,10-13H,2-3,6-9H2,1H3,(H,18,23)/t11?,12?,13-/m1/s1. The molecule has 1 N–H and O–H groups in total. The van der Waals surface area contributed by atoms with E-state index in [-0.39, 0.29) is 18.1 Å². The third-order valence-corrected chi connectivity index (χ3v) is 4.95. The number of amides is 1. The van der Waals surface area contributed by atoms with Crippen molar-refractivity contribution in [2.24, 2.45) is 7.05 Å². The monoisotopic (exact) mass is 330 g/mol. The van der Waals surface area contributed by atoms with E-state index in [0.29, 0.717) is 19.1 Å². The van der Waals surface area contributed by atoms with E-state index in [9.17, 15) is 4.79 Å². The van der Waals surface area contributed by atoms with Crippen molar-refractivity contribution in [2.75, 3.05) is 6.61 Å². The van der Waals surface area contributed by atoms with Crippen LogP contribution in [-0.2, 0) is 23.1 Å². The van der Waals surface area contributed by atoms with Gasteiger partial charge in [0.1, 0.15) is 11.9 Å². The first-order valence-corrected chi connectivity index (χ1v) is 8.46. The van der Waals surface area contributed by atoms with Crippen LogP contribution in [0.4, 0.5) is 0 Å². The van der Waals surface area contributed by atoms with Gasteiger partial charge in [-0.1, -0.05) is 0 Å². The number of carbonyl (C=O) groups is 1. The summed E-state index contributed by atoms with van der Waals surface area (Å²) in [7, 11) is 2.00. The predicted octanol–water partition coefficient (Wildman–Crippen LogP) is 0.601. The van der Waals surface area contributed by atoms with Gasteiger partial charge in [0.25, 0.3) is 0 Å². The quantitative estimate of drug-likeness (QED) is 0.867. The van der Waals surface area contributed by atoms with E-state index in [1.165, 1.54) is 0 Å². The number of rotatable bonds is 5. The number of nitrogens with zero attached hydrogens (tertiary/aromatic N) is 5. The third kappa shape index (κ3) is 2.93. The first-order valence-electron chi connectivity index (χ1n) is 8.46. The molecule has 0 bridgehead atoms. The molecule has 4 rings (SSSR count). The zero-order valence-corrected chi connectivity index (χ0v) is 13.8. The van der Waals surface area contributed by atoms with Crippen molar-refractivity contribution in [3.63, 3.8) is 0 Å². The third-order valence-electron chi connectivity index (χ3n) is 4.95. The Bertz CT molecular complexity index is 698. The number of carbonyl (C=O) groups excluding carboxylic acids is 1. The average Bonchev–Trinajstić information content (AvgIpc) is 3.27. The first-order chi connectivity index (χ1) is 11.7. The number of ether oxygens (including phenoxy) is 1. The second-order valence-electron chi connectivity index (χ2n) is 6.64. The molecular weight excluding hydrogens is 308 g/mol. The molecule has 1 atom stereocenters. The number of nitrogens with one attached hydrogen (secondary N) is 1. The van der Waals surface area contributed by atoms with Crippen LogP contribution < -0.4 is 5.32 Å². The molecule has 2 aliphatic rings. The molecule has 1 saturated heterocycles. The minimum Gasteiger partial charge on any atom is -0.368 e. The Balaban J connectivity index is 1.32.